The van der Waals surface area contributed by atoms with Crippen molar-refractivity contribution in [1.82, 2.24) is 10.2 Å². The van der Waals surface area contributed by atoms with E-state index in [4.69, 9.17) is 4.74 Å². The second-order valence-electron chi connectivity index (χ2n) is 5.52. The minimum absolute atomic E-state index is 0.607. The number of nitrogens with one attached hydrogen (secondary N) is 1. The van der Waals surface area contributed by atoms with Gasteiger partial charge in [-0.2, -0.15) is 0 Å². The Morgan fingerprint density at radius 3 is 2.68 bits per heavy atom. The molecule has 1 aromatic rings. The molecule has 0 saturated carbocycles. The Kier molecular flexibility index (Phi) is 5.23. The van der Waals surface area contributed by atoms with E-state index in [9.17, 15) is 0 Å². The number of methoxy groups -OCH3 is 1. The summed E-state index contributed by atoms with van der Waals surface area (Å²) in [5.74, 6) is 0.931. The Labute approximate surface area is 116 Å². The molecular weight excluding hydrogens is 236 g/mol. The van der Waals surface area contributed by atoms with Crippen LogP contribution in [0.25, 0.3) is 0 Å². The van der Waals surface area contributed by atoms with E-state index in [2.05, 4.69) is 36.2 Å². The van der Waals surface area contributed by atoms with Crippen LogP contribution in [0.2, 0.25) is 0 Å². The van der Waals surface area contributed by atoms with Crippen LogP contribution in [-0.2, 0) is 6.54 Å². The summed E-state index contributed by atoms with van der Waals surface area (Å²) in [7, 11) is 1.71. The van der Waals surface area contributed by atoms with E-state index in [0.29, 0.717) is 12.1 Å². The molecule has 0 bridgehead atoms. The summed E-state index contributed by atoms with van der Waals surface area (Å²) in [4.78, 5) is 2.58. The zero-order valence-corrected chi connectivity index (χ0v) is 12.4. The van der Waals surface area contributed by atoms with Crippen molar-refractivity contribution in [3.63, 3.8) is 0 Å². The van der Waals surface area contributed by atoms with E-state index in [1.807, 2.05) is 12.1 Å². The zero-order chi connectivity index (χ0) is 13.7. The van der Waals surface area contributed by atoms with Gasteiger partial charge >= 0.3 is 0 Å². The maximum Gasteiger partial charge on any atom is 0.118 e. The molecule has 2 atom stereocenters. The van der Waals surface area contributed by atoms with Gasteiger partial charge in [0.2, 0.25) is 0 Å². The lowest BCUT2D eigenvalue weighted by Crippen LogP contribution is -2.54. The first-order chi connectivity index (χ1) is 9.22. The molecule has 0 spiro atoms. The number of rotatable bonds is 5. The summed E-state index contributed by atoms with van der Waals surface area (Å²) in [5.41, 5.74) is 1.37. The van der Waals surface area contributed by atoms with Gasteiger partial charge in [-0.1, -0.05) is 25.5 Å². The molecule has 1 N–H and O–H groups in total. The molecule has 0 radical (unpaired) electrons. The normalized spacial score (nSPS) is 24.4. The number of nitrogens with zero attached hydrogens (tertiary/aromatic N) is 1. The lowest BCUT2D eigenvalue weighted by atomic mass is 10.0. The van der Waals surface area contributed by atoms with E-state index < -0.39 is 0 Å². The van der Waals surface area contributed by atoms with Gasteiger partial charge in [0.05, 0.1) is 7.11 Å². The molecule has 0 aromatic heterocycles. The van der Waals surface area contributed by atoms with Crippen LogP contribution in [0.15, 0.2) is 24.3 Å². The quantitative estimate of drug-likeness (QED) is 0.883. The lowest BCUT2D eigenvalue weighted by molar-refractivity contribution is 0.129. The molecule has 2 rings (SSSR count). The second-order valence-corrected chi connectivity index (χ2v) is 5.52. The Hall–Kier alpha value is -1.06. The first-order valence-corrected chi connectivity index (χ1v) is 7.33. The average molecular weight is 262 g/mol. The largest absolute Gasteiger partial charge is 0.497 e. The van der Waals surface area contributed by atoms with Crippen molar-refractivity contribution in [2.75, 3.05) is 20.2 Å². The smallest absolute Gasteiger partial charge is 0.118 e. The van der Waals surface area contributed by atoms with Gasteiger partial charge in [-0.15, -0.1) is 0 Å². The molecule has 1 aliphatic heterocycles. The van der Waals surface area contributed by atoms with E-state index in [0.717, 1.165) is 25.4 Å². The highest BCUT2D eigenvalue weighted by Gasteiger charge is 2.24. The number of hydrogen-bond acceptors (Lipinski definition) is 3. The van der Waals surface area contributed by atoms with Crippen LogP contribution >= 0.6 is 0 Å². The van der Waals surface area contributed by atoms with Gasteiger partial charge in [0.15, 0.2) is 0 Å². The van der Waals surface area contributed by atoms with Gasteiger partial charge < -0.3 is 10.1 Å². The topological polar surface area (TPSA) is 24.5 Å². The Morgan fingerprint density at radius 1 is 1.32 bits per heavy atom. The summed E-state index contributed by atoms with van der Waals surface area (Å²) in [6.45, 7) is 7.85. The summed E-state index contributed by atoms with van der Waals surface area (Å²) in [6, 6.07) is 9.69. The van der Waals surface area contributed by atoms with Crippen LogP contribution < -0.4 is 10.1 Å². The third kappa shape index (κ3) is 3.95. The summed E-state index contributed by atoms with van der Waals surface area (Å²) in [5, 5.41) is 3.64. The first kappa shape index (κ1) is 14.4. The van der Waals surface area contributed by atoms with Gasteiger partial charge in [-0.25, -0.2) is 0 Å². The SMILES string of the molecule is CCCC1CN(Cc2ccc(OC)cc2)C(C)CN1. The maximum atomic E-state index is 5.21. The van der Waals surface area contributed by atoms with Gasteiger partial charge in [0.25, 0.3) is 0 Å². The Morgan fingerprint density at radius 2 is 2.05 bits per heavy atom. The summed E-state index contributed by atoms with van der Waals surface area (Å²) in [6.07, 6.45) is 2.52. The minimum Gasteiger partial charge on any atom is -0.497 e. The molecule has 1 saturated heterocycles. The third-order valence-corrected chi connectivity index (χ3v) is 3.96. The van der Waals surface area contributed by atoms with Crippen molar-refractivity contribution in [3.8, 4) is 5.75 Å². The third-order valence-electron chi connectivity index (χ3n) is 3.96. The van der Waals surface area contributed by atoms with Gasteiger partial charge in [0.1, 0.15) is 5.75 Å². The number of ether oxygens (including phenoxy) is 1. The molecule has 0 aliphatic carbocycles. The van der Waals surface area contributed by atoms with Crippen LogP contribution in [0.1, 0.15) is 32.3 Å². The van der Waals surface area contributed by atoms with Crippen LogP contribution in [0.3, 0.4) is 0 Å². The highest BCUT2D eigenvalue weighted by Crippen LogP contribution is 2.17. The minimum atomic E-state index is 0.607. The van der Waals surface area contributed by atoms with E-state index in [-0.39, 0.29) is 0 Å². The zero-order valence-electron chi connectivity index (χ0n) is 12.4. The lowest BCUT2D eigenvalue weighted by Gasteiger charge is -2.39. The molecule has 0 amide bonds. The van der Waals surface area contributed by atoms with E-state index in [1.54, 1.807) is 7.11 Å². The van der Waals surface area contributed by atoms with Crippen molar-refractivity contribution in [3.05, 3.63) is 29.8 Å². The van der Waals surface area contributed by atoms with Gasteiger partial charge in [0, 0.05) is 31.7 Å². The molecule has 3 nitrogen and oxygen atoms in total. The second kappa shape index (κ2) is 6.92. The van der Waals surface area contributed by atoms with E-state index in [1.165, 1.54) is 18.4 Å². The molecule has 19 heavy (non-hydrogen) atoms. The fraction of sp³-hybridized carbons (Fsp3) is 0.625. The molecule has 3 heteroatoms. The standard InChI is InChI=1S/C16H26N2O/c1-4-5-15-12-18(13(2)10-17-15)11-14-6-8-16(19-3)9-7-14/h6-9,13,15,17H,4-5,10-12H2,1-3H3. The molecule has 1 fully saturated rings. The number of benzene rings is 1. The number of hydrogen-bond donors (Lipinski definition) is 1. The van der Waals surface area contributed by atoms with Crippen molar-refractivity contribution < 1.29 is 4.74 Å². The monoisotopic (exact) mass is 262 g/mol. The van der Waals surface area contributed by atoms with Gasteiger partial charge in [-0.05, 0) is 31.0 Å². The molecule has 1 heterocycles. The van der Waals surface area contributed by atoms with Crippen LogP contribution in [0.4, 0.5) is 0 Å². The Balaban J connectivity index is 1.95. The average Bonchev–Trinajstić information content (AvgIpc) is 2.44. The Bertz CT molecular complexity index is 377. The first-order valence-electron chi connectivity index (χ1n) is 7.33. The highest BCUT2D eigenvalue weighted by atomic mass is 16.5. The van der Waals surface area contributed by atoms with E-state index >= 15 is 0 Å². The number of piperazine rings is 1. The van der Waals surface area contributed by atoms with Crippen LogP contribution in [0, 0.1) is 0 Å². The fourth-order valence-corrected chi connectivity index (χ4v) is 2.72. The van der Waals surface area contributed by atoms with Crippen molar-refractivity contribution in [2.24, 2.45) is 0 Å². The van der Waals surface area contributed by atoms with Crippen molar-refractivity contribution in [1.29, 1.82) is 0 Å². The van der Waals surface area contributed by atoms with Crippen molar-refractivity contribution >= 4 is 0 Å². The van der Waals surface area contributed by atoms with Crippen molar-refractivity contribution in [2.45, 2.75) is 45.3 Å². The summed E-state index contributed by atoms with van der Waals surface area (Å²) < 4.78 is 5.21. The molecule has 1 aliphatic rings. The predicted octanol–water partition coefficient (Wildman–Crippen LogP) is 2.66. The molecule has 1 aromatic carbocycles. The predicted molar refractivity (Wildman–Crippen MR) is 79.6 cm³/mol. The maximum absolute atomic E-state index is 5.21. The summed E-state index contributed by atoms with van der Waals surface area (Å²) >= 11 is 0. The molecule has 106 valence electrons. The molecular formula is C16H26N2O. The van der Waals surface area contributed by atoms with Gasteiger partial charge in [-0.3, -0.25) is 4.90 Å². The molecule has 2 unspecified atom stereocenters. The fourth-order valence-electron chi connectivity index (χ4n) is 2.72. The highest BCUT2D eigenvalue weighted by molar-refractivity contribution is 5.27. The van der Waals surface area contributed by atoms with Crippen LogP contribution in [-0.4, -0.2) is 37.2 Å². The van der Waals surface area contributed by atoms with Crippen LogP contribution in [0.5, 0.6) is 5.75 Å².